The number of aliphatic hydroxyl groups excluding tert-OH is 1. The van der Waals surface area contributed by atoms with E-state index in [2.05, 4.69) is 26.1 Å². The maximum Gasteiger partial charge on any atom is 0.257 e. The quantitative estimate of drug-likeness (QED) is 0.0435. The van der Waals surface area contributed by atoms with Gasteiger partial charge in [-0.15, -0.1) is 5.69 Å². The number of rotatable bonds is 13. The molecule has 4 aliphatic heterocycles. The summed E-state index contributed by atoms with van der Waals surface area (Å²) in [6.07, 6.45) is 8.66. The molecule has 335 valence electrons. The van der Waals surface area contributed by atoms with Gasteiger partial charge in [-0.25, -0.2) is 4.98 Å². The maximum absolute atomic E-state index is 13.3. The van der Waals surface area contributed by atoms with Crippen molar-refractivity contribution in [3.05, 3.63) is 104 Å². The van der Waals surface area contributed by atoms with Crippen molar-refractivity contribution in [2.75, 3.05) is 47.1 Å². The van der Waals surface area contributed by atoms with E-state index in [0.29, 0.717) is 85.5 Å². The second-order valence-electron chi connectivity index (χ2n) is 15.2. The fourth-order valence-electron chi connectivity index (χ4n) is 6.94. The third-order valence-corrected chi connectivity index (χ3v) is 13.3. The number of aliphatic hydroxyl groups is 1. The number of hydrogen-bond acceptors (Lipinski definition) is 14. The molecule has 1 radical (unpaired) electrons. The third kappa shape index (κ3) is 13.8. The Hall–Kier alpha value is -4.49. The molecule has 0 aliphatic carbocycles. The van der Waals surface area contributed by atoms with Gasteiger partial charge in [0.15, 0.2) is 18.5 Å². The summed E-state index contributed by atoms with van der Waals surface area (Å²) in [5, 5.41) is 25.0. The van der Waals surface area contributed by atoms with Gasteiger partial charge in [-0.3, -0.25) is 24.7 Å². The maximum atomic E-state index is 13.3. The van der Waals surface area contributed by atoms with E-state index in [4.69, 9.17) is 24.3 Å². The fourth-order valence-corrected chi connectivity index (χ4v) is 8.97. The van der Waals surface area contributed by atoms with E-state index in [0.717, 1.165) is 29.6 Å². The molecule has 2 aromatic carbocycles. The van der Waals surface area contributed by atoms with Crippen LogP contribution in [0.15, 0.2) is 82.0 Å². The van der Waals surface area contributed by atoms with Gasteiger partial charge in [0.1, 0.15) is 10.8 Å². The van der Waals surface area contributed by atoms with Crippen LogP contribution in [0.5, 0.6) is 17.2 Å². The van der Waals surface area contributed by atoms with E-state index in [9.17, 15) is 19.5 Å². The zero-order valence-electron chi connectivity index (χ0n) is 36.4. The second-order valence-corrected chi connectivity index (χ2v) is 18.1. The number of carbonyl (C=O) groups is 2. The van der Waals surface area contributed by atoms with Crippen LogP contribution in [0, 0.1) is 17.0 Å². The van der Waals surface area contributed by atoms with Gasteiger partial charge in [0.2, 0.25) is 0 Å². The number of ether oxygens (including phenoxy) is 4. The molecule has 16 nitrogen and oxygen atoms in total. The number of nitrogens with zero attached hydrogens (tertiary/aromatic N) is 6. The average molecular weight is 978 g/mol. The largest absolute Gasteiger partial charge is 0.658 e. The van der Waals surface area contributed by atoms with E-state index in [-0.39, 0.29) is 61.4 Å². The number of aliphatic imine (C=N–C) groups is 1. The molecule has 4 aliphatic rings. The number of aryl methyl sites for hydroxylation is 1. The van der Waals surface area contributed by atoms with Crippen molar-refractivity contribution < 1.29 is 76.1 Å². The van der Waals surface area contributed by atoms with Gasteiger partial charge in [-0.05, 0) is 94.1 Å². The standard InChI is InChI=1S/C33H38N4O6.C10H12NO2S2.CH3NO2.Y/c1-5-20-11-22-16-34-25-14-30(29(41-4)13-24(25)32(39)36(22)17-20)43-9-7-8-42-28-15-26-23(10-19(28)3)33(40)37-18-21(6-2)12-27(37)31(38)35-26;1-10(2,7-13-8-12)15-14-9-5-3-4-6-11-9;1-2(3)4;/h5-6,10,13-16,22,27,31,38H,7-9,11-12,17-18H2,1-4H3,(H,35,40);3-6H,7H2,1-2H3;1H3;/q;-1;;/p-1/t22-,27-,31?;;;/m0.../s1. The zero-order chi connectivity index (χ0) is 45.0. The molecule has 0 saturated carbocycles. The molecule has 1 aromatic heterocycles. The summed E-state index contributed by atoms with van der Waals surface area (Å²) in [7, 11) is 5.64. The molecular formula is C44H52N6O10S2Y-2. The van der Waals surface area contributed by atoms with Gasteiger partial charge in [-0.1, -0.05) is 46.6 Å². The minimum absolute atomic E-state index is 0. The number of methoxy groups -OCH3 is 1. The predicted molar refractivity (Wildman–Crippen MR) is 240 cm³/mol. The monoisotopic (exact) mass is 977 g/mol. The summed E-state index contributed by atoms with van der Waals surface area (Å²) in [5.74, 6) is 1.41. The number of carbonyl (C=O) groups excluding carboxylic acids is 3. The Morgan fingerprint density at radius 3 is 2.32 bits per heavy atom. The minimum atomic E-state index is -0.996. The molecule has 2 amide bonds. The molecule has 2 saturated heterocycles. The van der Waals surface area contributed by atoms with Crippen molar-refractivity contribution in [1.29, 1.82) is 0 Å². The average Bonchev–Trinajstić information content (AvgIpc) is 3.85. The molecule has 0 bridgehead atoms. The summed E-state index contributed by atoms with van der Waals surface area (Å²) >= 11 is 0. The molecule has 63 heavy (non-hydrogen) atoms. The Balaban J connectivity index is 0.000000365. The molecule has 0 spiro atoms. The van der Waals surface area contributed by atoms with Crippen LogP contribution in [0.1, 0.15) is 73.2 Å². The summed E-state index contributed by atoms with van der Waals surface area (Å²) < 4.78 is 22.1. The van der Waals surface area contributed by atoms with Crippen LogP contribution in [0.25, 0.3) is 5.32 Å². The number of nitro groups is 1. The van der Waals surface area contributed by atoms with Crippen LogP contribution in [0.4, 0.5) is 11.4 Å². The van der Waals surface area contributed by atoms with E-state index >= 15 is 0 Å². The number of fused-ring (bicyclic) bond motifs is 4. The van der Waals surface area contributed by atoms with Crippen LogP contribution in [0.2, 0.25) is 0 Å². The fraction of sp³-hybridized carbons (Fsp3) is 0.432. The van der Waals surface area contributed by atoms with E-state index in [1.54, 1.807) is 64.1 Å². The van der Waals surface area contributed by atoms with Crippen LogP contribution < -0.4 is 14.2 Å². The first-order chi connectivity index (χ1) is 29.7. The SMILES string of the molecule is CC(C)(CO[C-]=O)SSc1ccccn1.CC=C1C[C@H]2C=Nc3cc(OCCCOc4cc5c(cc4C)C(=O)N4CC(=CC)C[C@H]4C(O)[N-]5)c(OC)cc3C(=O)N2C1.C[N+](=O)[O-].[Y]. The molecule has 19 heteroatoms. The Morgan fingerprint density at radius 1 is 1.00 bits per heavy atom. The molecule has 7 rings (SSSR count). The third-order valence-electron chi connectivity index (χ3n) is 10.1. The van der Waals surface area contributed by atoms with Gasteiger partial charge in [0.05, 0.1) is 49.0 Å². The Labute approximate surface area is 401 Å². The number of benzene rings is 2. The number of pyridine rings is 1. The van der Waals surface area contributed by atoms with Gasteiger partial charge < -0.3 is 44.0 Å². The summed E-state index contributed by atoms with van der Waals surface area (Å²) in [4.78, 5) is 57.2. The molecule has 3 atom stereocenters. The van der Waals surface area contributed by atoms with Gasteiger partial charge >= 0.3 is 0 Å². The first-order valence-electron chi connectivity index (χ1n) is 20.0. The number of amides is 2. The topological polar surface area (TPSA) is 197 Å². The first kappa shape index (κ1) is 51.2. The van der Waals surface area contributed by atoms with E-state index in [1.165, 1.54) is 12.0 Å². The van der Waals surface area contributed by atoms with Gasteiger partial charge in [0, 0.05) is 93.5 Å². The number of aromatic nitrogens is 1. The molecular weight excluding hydrogens is 926 g/mol. The normalized spacial score (nSPS) is 19.6. The van der Waals surface area contributed by atoms with Crippen LogP contribution >= 0.6 is 21.6 Å². The number of hydrogen-bond donors (Lipinski definition) is 1. The first-order valence-corrected chi connectivity index (χ1v) is 22.1. The van der Waals surface area contributed by atoms with Crippen LogP contribution in [0.3, 0.4) is 0 Å². The summed E-state index contributed by atoms with van der Waals surface area (Å²) in [6.45, 7) is 13.5. The molecule has 3 aromatic rings. The predicted octanol–water partition coefficient (Wildman–Crippen LogP) is 7.80. The Bertz CT molecular complexity index is 2190. The van der Waals surface area contributed by atoms with Gasteiger partial charge in [-0.2, -0.15) is 0 Å². The van der Waals surface area contributed by atoms with E-state index in [1.807, 2.05) is 70.0 Å². The molecule has 1 unspecified atom stereocenters. The Morgan fingerprint density at radius 2 is 1.67 bits per heavy atom. The van der Waals surface area contributed by atoms with Crippen molar-refractivity contribution in [2.45, 2.75) is 82.0 Å². The molecule has 5 heterocycles. The molecule has 1 N–H and O–H groups in total. The van der Waals surface area contributed by atoms with Crippen molar-refractivity contribution in [1.82, 2.24) is 14.8 Å². The minimum Gasteiger partial charge on any atom is -0.658 e. The van der Waals surface area contributed by atoms with Crippen LogP contribution in [-0.4, -0.2) is 119 Å². The second kappa shape index (κ2) is 24.0. The zero-order valence-corrected chi connectivity index (χ0v) is 40.9. The smallest absolute Gasteiger partial charge is 0.257 e. The molecule has 2 fully saturated rings. The number of allylic oxidation sites excluding steroid dienone is 2. The van der Waals surface area contributed by atoms with Crippen LogP contribution in [-0.2, 0) is 42.2 Å². The summed E-state index contributed by atoms with van der Waals surface area (Å²) in [6, 6.07) is 12.4. The van der Waals surface area contributed by atoms with Crippen molar-refractivity contribution in [3.8, 4) is 17.2 Å². The van der Waals surface area contributed by atoms with Crippen molar-refractivity contribution >= 4 is 57.5 Å². The van der Waals surface area contributed by atoms with Crippen molar-refractivity contribution in [3.63, 3.8) is 0 Å². The van der Waals surface area contributed by atoms with E-state index < -0.39 is 11.2 Å². The summed E-state index contributed by atoms with van der Waals surface area (Å²) in [5.41, 5.74) is 5.16. The van der Waals surface area contributed by atoms with Crippen molar-refractivity contribution in [2.24, 2.45) is 4.99 Å². The Kier molecular flexibility index (Phi) is 19.5. The van der Waals surface area contributed by atoms with Gasteiger partial charge in [0.25, 0.3) is 11.8 Å².